The first kappa shape index (κ1) is 40.9. The van der Waals surface area contributed by atoms with Crippen LogP contribution >= 0.6 is 0 Å². The molecule has 0 heterocycles. The molecule has 1 aliphatic carbocycles. The molecule has 1 fully saturated rings. The Balaban J connectivity index is 1.80. The van der Waals surface area contributed by atoms with Crippen molar-refractivity contribution in [3.63, 3.8) is 0 Å². The van der Waals surface area contributed by atoms with E-state index in [0.29, 0.717) is 5.92 Å². The zero-order valence-electron chi connectivity index (χ0n) is 31.6. The Morgan fingerprint density at radius 2 is 1.44 bits per heavy atom. The van der Waals surface area contributed by atoms with Crippen molar-refractivity contribution in [3.8, 4) is 0 Å². The number of ether oxygens (including phenoxy) is 4. The number of hydrogen-bond donors (Lipinski definition) is 1. The van der Waals surface area contributed by atoms with E-state index in [1.54, 1.807) is 47.6 Å². The summed E-state index contributed by atoms with van der Waals surface area (Å²) in [5, 5.41) is 10.9. The molecule has 0 spiro atoms. The van der Waals surface area contributed by atoms with Gasteiger partial charge in [-0.1, -0.05) is 87.9 Å². The molecule has 2 aromatic rings. The van der Waals surface area contributed by atoms with E-state index >= 15 is 0 Å². The normalized spacial score (nSPS) is 20.5. The largest absolute Gasteiger partial charge is 0.463 e. The van der Waals surface area contributed by atoms with Gasteiger partial charge in [0.25, 0.3) is 0 Å². The predicted octanol–water partition coefficient (Wildman–Crippen LogP) is 8.14. The summed E-state index contributed by atoms with van der Waals surface area (Å²) >= 11 is 0. The third-order valence-electron chi connectivity index (χ3n) is 9.46. The maximum absolute atomic E-state index is 13.4. The number of benzene rings is 2. The quantitative estimate of drug-likeness (QED) is 0.113. The predicted molar refractivity (Wildman–Crippen MR) is 195 cm³/mol. The van der Waals surface area contributed by atoms with Crippen LogP contribution in [0.5, 0.6) is 0 Å². The third kappa shape index (κ3) is 13.0. The fraction of sp³-hybridized carbons (Fsp3) is 0.595. The van der Waals surface area contributed by atoms with Crippen molar-refractivity contribution < 1.29 is 38.4 Å². The molecule has 8 nitrogen and oxygen atoms in total. The van der Waals surface area contributed by atoms with E-state index in [1.165, 1.54) is 11.6 Å². The van der Waals surface area contributed by atoms with Crippen LogP contribution in [0.25, 0.3) is 0 Å². The van der Waals surface area contributed by atoms with Crippen LogP contribution in [0.15, 0.2) is 72.8 Å². The number of aliphatic hydroxyl groups is 1. The fourth-order valence-corrected chi connectivity index (χ4v) is 6.26. The maximum atomic E-state index is 13.4. The second kappa shape index (κ2) is 18.1. The van der Waals surface area contributed by atoms with Crippen molar-refractivity contribution >= 4 is 17.9 Å². The highest BCUT2D eigenvalue weighted by atomic mass is 16.6. The van der Waals surface area contributed by atoms with Crippen LogP contribution < -0.4 is 0 Å². The third-order valence-corrected chi connectivity index (χ3v) is 9.46. The van der Waals surface area contributed by atoms with Gasteiger partial charge in [-0.15, -0.1) is 0 Å². The number of esters is 3. The van der Waals surface area contributed by atoms with Crippen molar-refractivity contribution in [2.24, 2.45) is 22.7 Å². The van der Waals surface area contributed by atoms with Gasteiger partial charge in [-0.25, -0.2) is 4.79 Å². The summed E-state index contributed by atoms with van der Waals surface area (Å²) in [4.78, 5) is 38.9. The van der Waals surface area contributed by atoms with Crippen molar-refractivity contribution in [1.29, 1.82) is 0 Å². The molecule has 0 unspecified atom stereocenters. The molecule has 1 aliphatic rings. The first-order chi connectivity index (χ1) is 23.4. The lowest BCUT2D eigenvalue weighted by Crippen LogP contribution is -2.43. The van der Waals surface area contributed by atoms with Gasteiger partial charge >= 0.3 is 17.9 Å². The maximum Gasteiger partial charge on any atom is 0.330 e. The first-order valence-corrected chi connectivity index (χ1v) is 18.0. The molecule has 0 aliphatic heterocycles. The van der Waals surface area contributed by atoms with E-state index in [4.69, 9.17) is 18.9 Å². The molecule has 0 bridgehead atoms. The topological polar surface area (TPSA) is 108 Å². The number of hydrogen-bond acceptors (Lipinski definition) is 8. The molecule has 1 saturated carbocycles. The Morgan fingerprint density at radius 3 is 2.04 bits per heavy atom. The van der Waals surface area contributed by atoms with Gasteiger partial charge < -0.3 is 24.1 Å². The molecule has 1 N–H and O–H groups in total. The molecule has 6 atom stereocenters. The molecule has 0 aromatic heterocycles. The summed E-state index contributed by atoms with van der Waals surface area (Å²) in [7, 11) is 0. The molecular formula is C42H60O8. The molecule has 8 heteroatoms. The van der Waals surface area contributed by atoms with Gasteiger partial charge in [-0.3, -0.25) is 9.59 Å². The second-order valence-electron chi connectivity index (χ2n) is 16.5. The average molecular weight is 693 g/mol. The minimum absolute atomic E-state index is 0.113. The summed E-state index contributed by atoms with van der Waals surface area (Å²) in [6.07, 6.45) is 3.23. The molecule has 276 valence electrons. The lowest BCUT2D eigenvalue weighted by molar-refractivity contribution is -0.160. The van der Waals surface area contributed by atoms with E-state index in [0.717, 1.165) is 24.8 Å². The SMILES string of the molecule is C[C@@H]1CC[C@@H](C(C)(C)c2ccccc2)[C@H](OC(=O)/C=C/[C@@H](C[C@H](C[C@H](O)COC(=O)C(C)(C)C)OCc2ccccc2)OC(=O)C(C)(C)C)C1. The van der Waals surface area contributed by atoms with Gasteiger partial charge in [0.15, 0.2) is 0 Å². The van der Waals surface area contributed by atoms with E-state index < -0.39 is 47.0 Å². The summed E-state index contributed by atoms with van der Waals surface area (Å²) in [6, 6.07) is 20.0. The molecule has 50 heavy (non-hydrogen) atoms. The van der Waals surface area contributed by atoms with Crippen LogP contribution in [0, 0.1) is 22.7 Å². The Morgan fingerprint density at radius 1 is 0.840 bits per heavy atom. The smallest absolute Gasteiger partial charge is 0.330 e. The van der Waals surface area contributed by atoms with Crippen LogP contribution in [0.1, 0.15) is 106 Å². The average Bonchev–Trinajstić information content (AvgIpc) is 3.04. The molecule has 0 saturated heterocycles. The van der Waals surface area contributed by atoms with Crippen LogP contribution in [0.4, 0.5) is 0 Å². The highest BCUT2D eigenvalue weighted by molar-refractivity contribution is 5.82. The lowest BCUT2D eigenvalue weighted by atomic mass is 9.64. The number of aliphatic hydroxyl groups excluding tert-OH is 1. The fourth-order valence-electron chi connectivity index (χ4n) is 6.26. The van der Waals surface area contributed by atoms with Gasteiger partial charge in [-0.05, 0) is 82.9 Å². The van der Waals surface area contributed by atoms with E-state index in [1.807, 2.05) is 48.5 Å². The molecule has 2 aromatic carbocycles. The van der Waals surface area contributed by atoms with E-state index in [2.05, 4.69) is 32.9 Å². The number of rotatable bonds is 15. The Bertz CT molecular complexity index is 1390. The van der Waals surface area contributed by atoms with Crippen LogP contribution in [0.3, 0.4) is 0 Å². The van der Waals surface area contributed by atoms with Crippen molar-refractivity contribution in [3.05, 3.63) is 83.9 Å². The van der Waals surface area contributed by atoms with Gasteiger partial charge in [-0.2, -0.15) is 0 Å². The highest BCUT2D eigenvalue weighted by Crippen LogP contribution is 2.43. The molecule has 0 radical (unpaired) electrons. The van der Waals surface area contributed by atoms with E-state index in [-0.39, 0.29) is 43.5 Å². The standard InChI is InChI=1S/C42H60O8/c1-29-20-22-35(42(8,9)31-18-14-11-15-19-31)36(24-29)50-37(44)23-21-33(49-39(46)41(5,6)7)26-34(47-27-30-16-12-10-13-17-30)25-32(43)28-48-38(45)40(2,3)4/h10-19,21,23,29,32-36,43H,20,22,24-28H2,1-9H3/b23-21+/t29-,32+,33+,34+,35-,36-/m1/s1. The summed E-state index contributed by atoms with van der Waals surface area (Å²) in [5.74, 6) is -0.786. The number of carbonyl (C=O) groups is 3. The second-order valence-corrected chi connectivity index (χ2v) is 16.5. The van der Waals surface area contributed by atoms with Gasteiger partial charge in [0.1, 0.15) is 18.8 Å². The molecule has 3 rings (SSSR count). The Hall–Kier alpha value is -3.49. The number of carbonyl (C=O) groups excluding carboxylic acids is 3. The van der Waals surface area contributed by atoms with Crippen molar-refractivity contribution in [2.75, 3.05) is 6.61 Å². The van der Waals surface area contributed by atoms with Crippen molar-refractivity contribution in [2.45, 2.75) is 131 Å². The lowest BCUT2D eigenvalue weighted by Gasteiger charge is -2.43. The summed E-state index contributed by atoms with van der Waals surface area (Å²) in [5.41, 5.74) is 0.445. The van der Waals surface area contributed by atoms with Crippen LogP contribution in [-0.4, -0.2) is 54.0 Å². The Kier molecular flexibility index (Phi) is 14.8. The van der Waals surface area contributed by atoms with Gasteiger partial charge in [0, 0.05) is 24.8 Å². The highest BCUT2D eigenvalue weighted by Gasteiger charge is 2.42. The van der Waals surface area contributed by atoms with Gasteiger partial charge in [0.05, 0.1) is 29.6 Å². The van der Waals surface area contributed by atoms with Crippen LogP contribution in [0.2, 0.25) is 0 Å². The monoisotopic (exact) mass is 692 g/mol. The summed E-state index contributed by atoms with van der Waals surface area (Å²) in [6.45, 7) is 17.2. The first-order valence-electron chi connectivity index (χ1n) is 18.0. The van der Waals surface area contributed by atoms with Gasteiger partial charge in [0.2, 0.25) is 0 Å². The minimum atomic E-state index is -1.02. The van der Waals surface area contributed by atoms with E-state index in [9.17, 15) is 19.5 Å². The van der Waals surface area contributed by atoms with Crippen LogP contribution in [-0.2, 0) is 45.4 Å². The zero-order chi connectivity index (χ0) is 37.1. The minimum Gasteiger partial charge on any atom is -0.463 e. The molecular weight excluding hydrogens is 632 g/mol. The molecule has 0 amide bonds. The summed E-state index contributed by atoms with van der Waals surface area (Å²) < 4.78 is 23.7. The Labute approximate surface area is 299 Å². The van der Waals surface area contributed by atoms with Crippen molar-refractivity contribution in [1.82, 2.24) is 0 Å². The zero-order valence-corrected chi connectivity index (χ0v) is 31.6.